The molecule has 1 N–H and O–H groups in total. The van der Waals surface area contributed by atoms with Crippen LogP contribution in [0.3, 0.4) is 0 Å². The number of rotatable bonds is 7. The van der Waals surface area contributed by atoms with Crippen LogP contribution in [0, 0.1) is 0 Å². The average molecular weight is 346 g/mol. The van der Waals surface area contributed by atoms with E-state index in [-0.39, 0.29) is 19.0 Å². The third-order valence-electron chi connectivity index (χ3n) is 3.50. The number of aryl methyl sites for hydroxylation is 1. The Morgan fingerprint density at radius 1 is 1.33 bits per heavy atom. The normalized spacial score (nSPS) is 12.2. The number of hydrogen-bond donors (Lipinski definition) is 1. The van der Waals surface area contributed by atoms with E-state index in [1.807, 2.05) is 41.8 Å². The molecule has 1 aromatic carbocycles. The summed E-state index contributed by atoms with van der Waals surface area (Å²) in [5.74, 6) is 0.348. The van der Waals surface area contributed by atoms with Gasteiger partial charge in [-0.25, -0.2) is 4.79 Å². The van der Waals surface area contributed by atoms with Crippen LogP contribution in [0.25, 0.3) is 10.8 Å². The Morgan fingerprint density at radius 2 is 2.12 bits per heavy atom. The Hall–Kier alpha value is -2.38. The molecular weight excluding hydrogens is 328 g/mol. The van der Waals surface area contributed by atoms with E-state index in [0.717, 1.165) is 16.0 Å². The van der Waals surface area contributed by atoms with Gasteiger partial charge in [0.05, 0.1) is 11.4 Å². The van der Waals surface area contributed by atoms with Crippen LogP contribution >= 0.6 is 11.3 Å². The van der Waals surface area contributed by atoms with Gasteiger partial charge < -0.3 is 14.3 Å². The Bertz CT molecular complexity index is 821. The van der Waals surface area contributed by atoms with Gasteiger partial charge >= 0.3 is 5.76 Å². The van der Waals surface area contributed by atoms with Crippen LogP contribution in [0.1, 0.15) is 12.5 Å². The van der Waals surface area contributed by atoms with E-state index in [1.54, 1.807) is 0 Å². The minimum Gasteiger partial charge on any atom is -0.491 e. The molecule has 0 aliphatic carbocycles. The number of nitrogens with zero attached hydrogens (tertiary/aromatic N) is 2. The minimum absolute atomic E-state index is 0.0146. The summed E-state index contributed by atoms with van der Waals surface area (Å²) >= 11 is 1.43. The third kappa shape index (κ3) is 3.93. The molecule has 0 aliphatic heterocycles. The van der Waals surface area contributed by atoms with Crippen LogP contribution in [0.4, 0.5) is 0 Å². The summed E-state index contributed by atoms with van der Waals surface area (Å²) in [6, 6.07) is 11.4. The van der Waals surface area contributed by atoms with Gasteiger partial charge in [0, 0.05) is 0 Å². The maximum Gasteiger partial charge on any atom is 0.437 e. The van der Waals surface area contributed by atoms with Crippen molar-refractivity contribution >= 4 is 11.3 Å². The molecule has 3 aromatic rings. The smallest absolute Gasteiger partial charge is 0.437 e. The van der Waals surface area contributed by atoms with Crippen molar-refractivity contribution in [3.8, 4) is 16.5 Å². The van der Waals surface area contributed by atoms with Gasteiger partial charge in [0.2, 0.25) is 0 Å². The number of hydrogen-bond acceptors (Lipinski definition) is 6. The van der Waals surface area contributed by atoms with Crippen molar-refractivity contribution in [1.82, 2.24) is 9.78 Å². The molecule has 0 radical (unpaired) electrons. The molecule has 0 amide bonds. The molecule has 2 heterocycles. The number of aliphatic hydroxyl groups excluding tert-OH is 1. The van der Waals surface area contributed by atoms with Crippen molar-refractivity contribution in [2.75, 3.05) is 6.61 Å². The van der Waals surface area contributed by atoms with Crippen molar-refractivity contribution in [2.45, 2.75) is 26.0 Å². The fourth-order valence-electron chi connectivity index (χ4n) is 2.19. The number of thiophene rings is 1. The van der Waals surface area contributed by atoms with Crippen LogP contribution in [-0.4, -0.2) is 27.6 Å². The van der Waals surface area contributed by atoms with Crippen LogP contribution in [0.2, 0.25) is 0 Å². The van der Waals surface area contributed by atoms with Crippen LogP contribution < -0.4 is 10.5 Å². The second-order valence-corrected chi connectivity index (χ2v) is 6.24. The van der Waals surface area contributed by atoms with E-state index >= 15 is 0 Å². The molecule has 3 rings (SSSR count). The molecule has 1 atom stereocenters. The molecule has 126 valence electrons. The summed E-state index contributed by atoms with van der Waals surface area (Å²) in [5, 5.41) is 16.0. The highest BCUT2D eigenvalue weighted by Gasteiger charge is 2.15. The summed E-state index contributed by atoms with van der Waals surface area (Å²) in [5.41, 5.74) is 1.22. The number of aromatic nitrogens is 2. The Kier molecular flexibility index (Phi) is 5.12. The first-order chi connectivity index (χ1) is 11.7. The molecule has 7 heteroatoms. The SMILES string of the molecule is CCc1ccc(OCC(O)Cn2nc(-c3cccs3)oc2=O)cc1. The predicted molar refractivity (Wildman–Crippen MR) is 91.4 cm³/mol. The zero-order valence-electron chi connectivity index (χ0n) is 13.2. The van der Waals surface area contributed by atoms with Crippen molar-refractivity contribution in [2.24, 2.45) is 0 Å². The maximum absolute atomic E-state index is 11.8. The molecule has 0 fully saturated rings. The molecule has 6 nitrogen and oxygen atoms in total. The first-order valence-corrected chi connectivity index (χ1v) is 8.55. The van der Waals surface area contributed by atoms with Crippen molar-refractivity contribution in [3.05, 3.63) is 57.9 Å². The molecule has 2 aromatic heterocycles. The van der Waals surface area contributed by atoms with Crippen molar-refractivity contribution in [3.63, 3.8) is 0 Å². The van der Waals surface area contributed by atoms with E-state index in [0.29, 0.717) is 5.75 Å². The van der Waals surface area contributed by atoms with Gasteiger partial charge in [-0.2, -0.15) is 4.68 Å². The van der Waals surface area contributed by atoms with E-state index in [9.17, 15) is 9.90 Å². The Balaban J connectivity index is 1.58. The minimum atomic E-state index is -0.866. The fraction of sp³-hybridized carbons (Fsp3) is 0.294. The maximum atomic E-state index is 11.8. The summed E-state index contributed by atoms with van der Waals surface area (Å²) in [6.07, 6.45) is 0.0970. The summed E-state index contributed by atoms with van der Waals surface area (Å²) in [4.78, 5) is 12.6. The number of aliphatic hydroxyl groups is 1. The second-order valence-electron chi connectivity index (χ2n) is 5.29. The summed E-state index contributed by atoms with van der Waals surface area (Å²) in [6.45, 7) is 2.17. The fourth-order valence-corrected chi connectivity index (χ4v) is 2.83. The molecule has 0 aliphatic rings. The van der Waals surface area contributed by atoms with E-state index < -0.39 is 11.9 Å². The highest BCUT2D eigenvalue weighted by molar-refractivity contribution is 7.13. The lowest BCUT2D eigenvalue weighted by Crippen LogP contribution is -2.29. The third-order valence-corrected chi connectivity index (χ3v) is 4.35. The number of ether oxygens (including phenoxy) is 1. The van der Waals surface area contributed by atoms with Gasteiger partial charge in [0.1, 0.15) is 18.5 Å². The van der Waals surface area contributed by atoms with Gasteiger partial charge in [-0.05, 0) is 35.6 Å². The van der Waals surface area contributed by atoms with Crippen LogP contribution in [0.15, 0.2) is 51.0 Å². The predicted octanol–water partition coefficient (Wildman–Crippen LogP) is 2.57. The Labute approximate surface area is 142 Å². The van der Waals surface area contributed by atoms with E-state index in [4.69, 9.17) is 9.15 Å². The van der Waals surface area contributed by atoms with Gasteiger partial charge in [-0.1, -0.05) is 25.1 Å². The van der Waals surface area contributed by atoms with Crippen LogP contribution in [0.5, 0.6) is 5.75 Å². The van der Waals surface area contributed by atoms with Crippen LogP contribution in [-0.2, 0) is 13.0 Å². The quantitative estimate of drug-likeness (QED) is 0.711. The van der Waals surface area contributed by atoms with Gasteiger partial charge in [-0.15, -0.1) is 16.4 Å². The topological polar surface area (TPSA) is 77.5 Å². The lowest BCUT2D eigenvalue weighted by atomic mass is 10.2. The first kappa shape index (κ1) is 16.5. The molecule has 0 bridgehead atoms. The standard InChI is InChI=1S/C17H18N2O4S/c1-2-12-5-7-14(8-6-12)22-11-13(20)10-19-17(21)23-16(18-19)15-4-3-9-24-15/h3-9,13,20H,2,10-11H2,1H3. The molecule has 24 heavy (non-hydrogen) atoms. The summed E-state index contributed by atoms with van der Waals surface area (Å²) < 4.78 is 11.8. The van der Waals surface area contributed by atoms with Gasteiger partial charge in [0.15, 0.2) is 0 Å². The lowest BCUT2D eigenvalue weighted by Gasteiger charge is -2.11. The lowest BCUT2D eigenvalue weighted by molar-refractivity contribution is 0.0875. The Morgan fingerprint density at radius 3 is 2.79 bits per heavy atom. The zero-order chi connectivity index (χ0) is 16.9. The average Bonchev–Trinajstić information content (AvgIpc) is 3.24. The summed E-state index contributed by atoms with van der Waals surface area (Å²) in [7, 11) is 0. The second kappa shape index (κ2) is 7.46. The van der Waals surface area contributed by atoms with Gasteiger partial charge in [0.25, 0.3) is 5.89 Å². The monoisotopic (exact) mass is 346 g/mol. The number of benzene rings is 1. The van der Waals surface area contributed by atoms with Crippen molar-refractivity contribution < 1.29 is 14.3 Å². The molecular formula is C17H18N2O4S. The van der Waals surface area contributed by atoms with E-state index in [2.05, 4.69) is 12.0 Å². The van der Waals surface area contributed by atoms with E-state index in [1.165, 1.54) is 16.9 Å². The molecule has 0 saturated heterocycles. The first-order valence-electron chi connectivity index (χ1n) is 7.67. The molecule has 0 spiro atoms. The molecule has 0 saturated carbocycles. The van der Waals surface area contributed by atoms with Crippen molar-refractivity contribution in [1.29, 1.82) is 0 Å². The highest BCUT2D eigenvalue weighted by atomic mass is 32.1. The molecule has 1 unspecified atom stereocenters. The largest absolute Gasteiger partial charge is 0.491 e. The highest BCUT2D eigenvalue weighted by Crippen LogP contribution is 2.21. The zero-order valence-corrected chi connectivity index (χ0v) is 14.0. The van der Waals surface area contributed by atoms with Gasteiger partial charge in [-0.3, -0.25) is 0 Å².